The summed E-state index contributed by atoms with van der Waals surface area (Å²) in [6.07, 6.45) is 3.90. The lowest BCUT2D eigenvalue weighted by Crippen LogP contribution is -2.50. The van der Waals surface area contributed by atoms with E-state index < -0.39 is 10.0 Å². The van der Waals surface area contributed by atoms with E-state index in [4.69, 9.17) is 16.3 Å². The Morgan fingerprint density at radius 3 is 2.39 bits per heavy atom. The van der Waals surface area contributed by atoms with Crippen LogP contribution in [0, 0.1) is 0 Å². The largest absolute Gasteiger partial charge is 0.496 e. The lowest BCUT2D eigenvalue weighted by molar-refractivity contribution is 0.0745. The Bertz CT molecular complexity index is 1360. The molecule has 0 radical (unpaired) electrons. The minimum absolute atomic E-state index is 0.109. The topological polar surface area (TPSA) is 70.2 Å². The zero-order valence-corrected chi connectivity index (χ0v) is 22.9. The molecule has 4 rings (SSSR count). The van der Waals surface area contributed by atoms with E-state index >= 15 is 0 Å². The number of carbonyl (C=O) groups excluding carboxylic acids is 1. The highest BCUT2D eigenvalue weighted by Gasteiger charge is 2.28. The molecule has 1 aliphatic rings. The van der Waals surface area contributed by atoms with Crippen LogP contribution in [-0.4, -0.2) is 81.4 Å². The predicted octanol–water partition coefficient (Wildman–Crippen LogP) is 4.51. The monoisotopic (exact) mass is 553 g/mol. The van der Waals surface area contributed by atoms with Gasteiger partial charge in [-0.2, -0.15) is 4.31 Å². The number of halogens is 1. The molecule has 1 amide bonds. The molecule has 9 heteroatoms. The van der Waals surface area contributed by atoms with E-state index in [9.17, 15) is 13.2 Å². The van der Waals surface area contributed by atoms with Gasteiger partial charge < -0.3 is 9.64 Å². The summed E-state index contributed by atoms with van der Waals surface area (Å²) in [6, 6.07) is 23.2. The van der Waals surface area contributed by atoms with Crippen LogP contribution in [0.3, 0.4) is 0 Å². The smallest absolute Gasteiger partial charge is 0.254 e. The number of amides is 1. The molecule has 0 aromatic heterocycles. The van der Waals surface area contributed by atoms with Crippen LogP contribution in [-0.2, 0) is 10.0 Å². The Kier molecular flexibility index (Phi) is 9.58. The van der Waals surface area contributed by atoms with Gasteiger partial charge >= 0.3 is 0 Å². The van der Waals surface area contributed by atoms with Crippen LogP contribution >= 0.6 is 11.6 Å². The highest BCUT2D eigenvalue weighted by molar-refractivity contribution is 7.89. The molecule has 38 heavy (non-hydrogen) atoms. The number of benzene rings is 3. The molecular formula is C29H32ClN3O4S. The highest BCUT2D eigenvalue weighted by Crippen LogP contribution is 2.20. The first kappa shape index (κ1) is 27.9. The molecule has 0 unspecified atom stereocenters. The van der Waals surface area contributed by atoms with E-state index in [0.717, 1.165) is 11.3 Å². The zero-order chi connectivity index (χ0) is 27.0. The molecule has 0 aliphatic carbocycles. The lowest BCUT2D eigenvalue weighted by Gasteiger charge is -2.35. The van der Waals surface area contributed by atoms with Gasteiger partial charge in [-0.05, 0) is 36.4 Å². The number of methoxy groups -OCH3 is 1. The standard InChI is InChI=1S/C29H32ClN3O4S/c1-37-28-15-6-5-9-24(28)11-8-16-32(29(34)25-10-7-12-26(30)23-25)20-17-31-18-21-33(22-19-31)38(35,36)27-13-3-2-4-14-27/h2-15,23H,16-22H2,1H3/b11-8+. The molecule has 1 aliphatic heterocycles. The summed E-state index contributed by atoms with van der Waals surface area (Å²) in [5, 5.41) is 0.510. The number of sulfonamides is 1. The number of para-hydroxylation sites is 1. The van der Waals surface area contributed by atoms with Gasteiger partial charge in [0.25, 0.3) is 5.91 Å². The average Bonchev–Trinajstić information content (AvgIpc) is 2.95. The molecule has 0 N–H and O–H groups in total. The minimum atomic E-state index is -3.50. The Hall–Kier alpha value is -3.17. The molecule has 1 saturated heterocycles. The minimum Gasteiger partial charge on any atom is -0.496 e. The van der Waals surface area contributed by atoms with Crippen LogP contribution in [0.4, 0.5) is 0 Å². The number of nitrogens with zero attached hydrogens (tertiary/aromatic N) is 3. The van der Waals surface area contributed by atoms with E-state index in [1.165, 1.54) is 4.31 Å². The third-order valence-electron chi connectivity index (χ3n) is 6.52. The second kappa shape index (κ2) is 13.1. The van der Waals surface area contributed by atoms with Gasteiger partial charge in [-0.3, -0.25) is 9.69 Å². The van der Waals surface area contributed by atoms with Crippen molar-refractivity contribution in [3.05, 3.63) is 101 Å². The van der Waals surface area contributed by atoms with Gasteiger partial charge in [0.2, 0.25) is 10.0 Å². The van der Waals surface area contributed by atoms with Crippen LogP contribution in [0.1, 0.15) is 15.9 Å². The Morgan fingerprint density at radius 2 is 1.68 bits per heavy atom. The van der Waals surface area contributed by atoms with Crippen molar-refractivity contribution in [3.63, 3.8) is 0 Å². The highest BCUT2D eigenvalue weighted by atomic mass is 35.5. The van der Waals surface area contributed by atoms with Crippen molar-refractivity contribution in [2.45, 2.75) is 4.90 Å². The maximum absolute atomic E-state index is 13.4. The summed E-state index contributed by atoms with van der Waals surface area (Å²) in [5.41, 5.74) is 1.46. The third kappa shape index (κ3) is 7.02. The van der Waals surface area contributed by atoms with Crippen LogP contribution in [0.25, 0.3) is 6.08 Å². The first-order valence-electron chi connectivity index (χ1n) is 12.5. The van der Waals surface area contributed by atoms with Crippen LogP contribution in [0.2, 0.25) is 5.02 Å². The van der Waals surface area contributed by atoms with Gasteiger partial charge in [0.05, 0.1) is 12.0 Å². The fraction of sp³-hybridized carbons (Fsp3) is 0.276. The third-order valence-corrected chi connectivity index (χ3v) is 8.67. The van der Waals surface area contributed by atoms with Gasteiger partial charge in [-0.25, -0.2) is 8.42 Å². The van der Waals surface area contributed by atoms with E-state index in [0.29, 0.717) is 61.3 Å². The van der Waals surface area contributed by atoms with E-state index in [2.05, 4.69) is 4.90 Å². The quantitative estimate of drug-likeness (QED) is 0.369. The van der Waals surface area contributed by atoms with Crippen LogP contribution < -0.4 is 4.74 Å². The number of ether oxygens (including phenoxy) is 1. The molecule has 0 atom stereocenters. The predicted molar refractivity (Wildman–Crippen MR) is 151 cm³/mol. The first-order chi connectivity index (χ1) is 18.4. The molecule has 3 aromatic rings. The van der Waals surface area contributed by atoms with Gasteiger partial charge in [-0.15, -0.1) is 0 Å². The second-order valence-corrected chi connectivity index (χ2v) is 11.3. The van der Waals surface area contributed by atoms with Gasteiger partial charge in [0.1, 0.15) is 5.75 Å². The van der Waals surface area contributed by atoms with Crippen molar-refractivity contribution >= 4 is 33.6 Å². The summed E-state index contributed by atoms with van der Waals surface area (Å²) >= 11 is 6.14. The fourth-order valence-corrected chi connectivity index (χ4v) is 6.02. The summed E-state index contributed by atoms with van der Waals surface area (Å²) in [5.74, 6) is 0.655. The average molecular weight is 554 g/mol. The molecule has 0 saturated carbocycles. The number of hydrogen-bond acceptors (Lipinski definition) is 5. The van der Waals surface area contributed by atoms with E-state index in [1.54, 1.807) is 66.6 Å². The maximum atomic E-state index is 13.4. The fourth-order valence-electron chi connectivity index (χ4n) is 4.39. The molecule has 0 spiro atoms. The number of carbonyl (C=O) groups is 1. The van der Waals surface area contributed by atoms with Crippen molar-refractivity contribution in [1.82, 2.24) is 14.1 Å². The molecule has 200 valence electrons. The zero-order valence-electron chi connectivity index (χ0n) is 21.4. The maximum Gasteiger partial charge on any atom is 0.254 e. The van der Waals surface area contributed by atoms with Crippen LogP contribution in [0.5, 0.6) is 5.75 Å². The van der Waals surface area contributed by atoms with Crippen molar-refractivity contribution in [2.75, 3.05) is 52.9 Å². The summed E-state index contributed by atoms with van der Waals surface area (Å²) in [7, 11) is -1.87. The SMILES string of the molecule is COc1ccccc1/C=C/CN(CCN1CCN(S(=O)(=O)c2ccccc2)CC1)C(=O)c1cccc(Cl)c1. The molecule has 3 aromatic carbocycles. The van der Waals surface area contributed by atoms with Crippen molar-refractivity contribution < 1.29 is 17.9 Å². The number of rotatable bonds is 10. The van der Waals surface area contributed by atoms with E-state index in [-0.39, 0.29) is 5.91 Å². The van der Waals surface area contributed by atoms with Crippen molar-refractivity contribution in [1.29, 1.82) is 0 Å². The molecule has 1 heterocycles. The van der Waals surface area contributed by atoms with Gasteiger partial charge in [-0.1, -0.05) is 66.2 Å². The number of hydrogen-bond donors (Lipinski definition) is 0. The van der Waals surface area contributed by atoms with E-state index in [1.807, 2.05) is 36.4 Å². The second-order valence-electron chi connectivity index (χ2n) is 8.96. The summed E-state index contributed by atoms with van der Waals surface area (Å²) in [6.45, 7) is 3.55. The molecule has 1 fully saturated rings. The lowest BCUT2D eigenvalue weighted by atomic mass is 10.1. The molecular weight excluding hydrogens is 522 g/mol. The van der Waals surface area contributed by atoms with Crippen molar-refractivity contribution in [2.24, 2.45) is 0 Å². The van der Waals surface area contributed by atoms with Crippen LogP contribution in [0.15, 0.2) is 89.8 Å². The summed E-state index contributed by atoms with van der Waals surface area (Å²) in [4.78, 5) is 17.7. The Labute approximate surface area is 229 Å². The first-order valence-corrected chi connectivity index (χ1v) is 14.3. The normalized spacial score (nSPS) is 15.0. The Balaban J connectivity index is 1.40. The Morgan fingerprint density at radius 1 is 0.974 bits per heavy atom. The number of piperazine rings is 1. The molecule has 7 nitrogen and oxygen atoms in total. The molecule has 0 bridgehead atoms. The van der Waals surface area contributed by atoms with Gasteiger partial charge in [0, 0.05) is 62.0 Å². The van der Waals surface area contributed by atoms with Gasteiger partial charge in [0.15, 0.2) is 0 Å². The van der Waals surface area contributed by atoms with Crippen molar-refractivity contribution in [3.8, 4) is 5.75 Å². The summed E-state index contributed by atoms with van der Waals surface area (Å²) < 4.78 is 32.8.